The Hall–Kier alpha value is -0.335. The molecule has 11 heteroatoms. The summed E-state index contributed by atoms with van der Waals surface area (Å²) in [6.45, 7) is 0. The van der Waals surface area contributed by atoms with Crippen LogP contribution in [0.1, 0.15) is 0 Å². The summed E-state index contributed by atoms with van der Waals surface area (Å²) in [5, 5.41) is 21.5. The van der Waals surface area contributed by atoms with Gasteiger partial charge in [0, 0.05) is 0 Å². The lowest BCUT2D eigenvalue weighted by Crippen LogP contribution is -2.07. The fourth-order valence-electron chi connectivity index (χ4n) is 0. The van der Waals surface area contributed by atoms with E-state index in [1.807, 2.05) is 0 Å². The van der Waals surface area contributed by atoms with E-state index in [2.05, 4.69) is 0 Å². The predicted octanol–water partition coefficient (Wildman–Crippen LogP) is -4.86. The summed E-state index contributed by atoms with van der Waals surface area (Å²) in [7, 11) is -2.17. The van der Waals surface area contributed by atoms with E-state index in [0.29, 0.717) is 0 Å². The van der Waals surface area contributed by atoms with Crippen LogP contribution in [0.5, 0.6) is 0 Å². The second kappa shape index (κ2) is 102. The van der Waals surface area contributed by atoms with Crippen LogP contribution in [0.15, 0.2) is 0 Å². The Balaban J connectivity index is -0.00000000214. The average molecular weight is 185 g/mol. The summed E-state index contributed by atoms with van der Waals surface area (Å²) < 4.78 is 0. The van der Waals surface area contributed by atoms with Gasteiger partial charge in [-0.15, -0.1) is 0 Å². The Labute approximate surface area is 64.0 Å². The standard InChI is InChI=1S/BH3O3.3H3N.4H2O/c2-1(3)4;;;;;;;/h2-4H;3*1H3;4*1H2. The molecule has 0 rings (SSSR count). The molecule has 0 aromatic carbocycles. The zero-order chi connectivity index (χ0) is 3.58. The van der Waals surface area contributed by atoms with E-state index in [4.69, 9.17) is 15.1 Å². The highest BCUT2D eigenvalue weighted by atomic mass is 16.5. The molecular formula is H20BN3O7. The number of rotatable bonds is 0. The van der Waals surface area contributed by atoms with E-state index >= 15 is 0 Å². The Morgan fingerprint density at radius 1 is 0.545 bits per heavy atom. The van der Waals surface area contributed by atoms with Crippen molar-refractivity contribution in [2.75, 3.05) is 0 Å². The van der Waals surface area contributed by atoms with E-state index < -0.39 is 7.32 Å². The van der Waals surface area contributed by atoms with Crippen molar-refractivity contribution in [2.45, 2.75) is 0 Å². The first-order valence-corrected chi connectivity index (χ1v) is 0.775. The molecule has 0 aliphatic rings. The molecule has 0 bridgehead atoms. The van der Waals surface area contributed by atoms with Gasteiger partial charge in [-0.3, -0.25) is 0 Å². The minimum absolute atomic E-state index is 0. The zero-order valence-corrected chi connectivity index (χ0v) is 6.04. The van der Waals surface area contributed by atoms with Crippen LogP contribution in [-0.2, 0) is 0 Å². The average Bonchev–Trinajstić information content (AvgIpc) is 0.811. The quantitative estimate of drug-likeness (QED) is 0.200. The molecule has 0 aromatic rings. The summed E-state index contributed by atoms with van der Waals surface area (Å²) in [5.74, 6) is 0. The van der Waals surface area contributed by atoms with Gasteiger partial charge in [-0.1, -0.05) is 0 Å². The van der Waals surface area contributed by atoms with Gasteiger partial charge in [0.05, 0.1) is 0 Å². The summed E-state index contributed by atoms with van der Waals surface area (Å²) in [6, 6.07) is 0. The Morgan fingerprint density at radius 2 is 0.545 bits per heavy atom. The molecule has 0 radical (unpaired) electrons. The first-order chi connectivity index (χ1) is 1.73. The van der Waals surface area contributed by atoms with Crippen LogP contribution in [0.2, 0.25) is 0 Å². The largest absolute Gasteiger partial charge is 0.631 e. The molecule has 0 fully saturated rings. The Bertz CT molecular complexity index is 18.4. The van der Waals surface area contributed by atoms with Crippen LogP contribution < -0.4 is 18.5 Å². The summed E-state index contributed by atoms with van der Waals surface area (Å²) in [6.07, 6.45) is 0. The van der Waals surface area contributed by atoms with Gasteiger partial charge < -0.3 is 55.4 Å². The lowest BCUT2D eigenvalue weighted by Gasteiger charge is -1.69. The van der Waals surface area contributed by atoms with Crippen LogP contribution in [-0.4, -0.2) is 44.3 Å². The van der Waals surface area contributed by atoms with E-state index in [0.717, 1.165) is 0 Å². The van der Waals surface area contributed by atoms with Gasteiger partial charge in [0.15, 0.2) is 0 Å². The third-order valence-electron chi connectivity index (χ3n) is 0. The SMILES string of the molecule is N.N.N.O.O.O.O.OB(O)O. The molecule has 0 aliphatic heterocycles. The van der Waals surface area contributed by atoms with Gasteiger partial charge in [-0.2, -0.15) is 0 Å². The molecule has 0 heterocycles. The molecule has 0 amide bonds. The number of hydrogen-bond donors (Lipinski definition) is 6. The molecule has 10 nitrogen and oxygen atoms in total. The number of hydrogen-bond acceptors (Lipinski definition) is 6. The topological polar surface area (TPSA) is 292 Å². The highest BCUT2D eigenvalue weighted by Crippen LogP contribution is 1.40. The molecule has 0 aromatic heterocycles. The summed E-state index contributed by atoms with van der Waals surface area (Å²) >= 11 is 0. The van der Waals surface area contributed by atoms with Crippen molar-refractivity contribution in [3.05, 3.63) is 0 Å². The van der Waals surface area contributed by atoms with Crippen molar-refractivity contribution in [1.82, 2.24) is 18.5 Å². The second-order valence-electron chi connectivity index (χ2n) is 0.346. The molecule has 11 heavy (non-hydrogen) atoms. The maximum absolute atomic E-state index is 7.17. The molecule has 0 atom stereocenters. The predicted molar refractivity (Wildman–Crippen MR) is 41.9 cm³/mol. The maximum atomic E-state index is 7.17. The van der Waals surface area contributed by atoms with Crippen molar-refractivity contribution in [1.29, 1.82) is 0 Å². The summed E-state index contributed by atoms with van der Waals surface area (Å²) in [5.41, 5.74) is 0. The van der Waals surface area contributed by atoms with Crippen molar-refractivity contribution in [3.8, 4) is 0 Å². The van der Waals surface area contributed by atoms with Gasteiger partial charge in [-0.25, -0.2) is 0 Å². The van der Waals surface area contributed by atoms with E-state index in [1.54, 1.807) is 0 Å². The second-order valence-corrected chi connectivity index (χ2v) is 0.346. The van der Waals surface area contributed by atoms with Gasteiger partial charge in [-0.05, 0) is 0 Å². The third-order valence-corrected chi connectivity index (χ3v) is 0. The van der Waals surface area contributed by atoms with Crippen molar-refractivity contribution in [3.63, 3.8) is 0 Å². The normalized spacial score (nSPS) is 2.45. The smallest absolute Gasteiger partial charge is 0.412 e. The lowest BCUT2D eigenvalue weighted by atomic mass is 10.3. The van der Waals surface area contributed by atoms with Gasteiger partial charge in [0.1, 0.15) is 0 Å². The van der Waals surface area contributed by atoms with Crippen LogP contribution >= 0.6 is 0 Å². The van der Waals surface area contributed by atoms with Crippen LogP contribution in [0.4, 0.5) is 0 Å². The molecule has 0 unspecified atom stereocenters. The summed E-state index contributed by atoms with van der Waals surface area (Å²) in [4.78, 5) is 0. The first-order valence-electron chi connectivity index (χ1n) is 0.775. The minimum Gasteiger partial charge on any atom is -0.412 e. The molecule has 0 saturated carbocycles. The van der Waals surface area contributed by atoms with Gasteiger partial charge >= 0.3 is 7.32 Å². The highest BCUT2D eigenvalue weighted by Gasteiger charge is 1.92. The van der Waals surface area contributed by atoms with Crippen molar-refractivity contribution in [2.24, 2.45) is 0 Å². The zero-order valence-electron chi connectivity index (χ0n) is 6.04. The Morgan fingerprint density at radius 3 is 0.545 bits per heavy atom. The monoisotopic (exact) mass is 185 g/mol. The molecule has 80 valence electrons. The molecule has 20 N–H and O–H groups in total. The molecule has 0 saturated heterocycles. The fraction of sp³-hybridized carbons (Fsp3) is 0. The van der Waals surface area contributed by atoms with Crippen LogP contribution in [0.3, 0.4) is 0 Å². The van der Waals surface area contributed by atoms with Gasteiger partial charge in [0.25, 0.3) is 0 Å². The molecule has 0 aliphatic carbocycles. The van der Waals surface area contributed by atoms with E-state index in [1.165, 1.54) is 0 Å². The molecule has 0 spiro atoms. The maximum Gasteiger partial charge on any atom is 0.631 e. The fourth-order valence-corrected chi connectivity index (χ4v) is 0. The lowest BCUT2D eigenvalue weighted by molar-refractivity contribution is 0.278. The van der Waals surface area contributed by atoms with E-state index in [9.17, 15) is 0 Å². The minimum atomic E-state index is -2.17. The third kappa shape index (κ3) is 5060. The van der Waals surface area contributed by atoms with Crippen LogP contribution in [0, 0.1) is 0 Å². The van der Waals surface area contributed by atoms with Crippen molar-refractivity contribution >= 4 is 7.32 Å². The van der Waals surface area contributed by atoms with Crippen LogP contribution in [0.25, 0.3) is 0 Å². The molecular weight excluding hydrogens is 165 g/mol. The van der Waals surface area contributed by atoms with E-state index in [-0.39, 0.29) is 40.4 Å². The first kappa shape index (κ1) is 140. The van der Waals surface area contributed by atoms with Crippen molar-refractivity contribution < 1.29 is 37.0 Å². The Kier molecular flexibility index (Phi) is 1300. The van der Waals surface area contributed by atoms with Gasteiger partial charge in [0.2, 0.25) is 0 Å². The highest BCUT2D eigenvalue weighted by molar-refractivity contribution is 6.30.